The van der Waals surface area contributed by atoms with Crippen molar-refractivity contribution >= 4 is 0 Å². The molecule has 0 radical (unpaired) electrons. The molecule has 1 aromatic rings. The van der Waals surface area contributed by atoms with Crippen LogP contribution in [0.4, 0.5) is 0 Å². The zero-order chi connectivity index (χ0) is 21.4. The van der Waals surface area contributed by atoms with Crippen molar-refractivity contribution in [2.45, 2.75) is 77.2 Å². The van der Waals surface area contributed by atoms with Gasteiger partial charge in [0.05, 0.1) is 14.2 Å². The fraction of sp³-hybridized carbons (Fsp3) is 0.652. The Morgan fingerprint density at radius 1 is 1.03 bits per heavy atom. The Morgan fingerprint density at radius 2 is 1.69 bits per heavy atom. The van der Waals surface area contributed by atoms with Gasteiger partial charge in [0, 0.05) is 17.0 Å². The van der Waals surface area contributed by atoms with E-state index in [9.17, 15) is 10.2 Å². The predicted molar refractivity (Wildman–Crippen MR) is 108 cm³/mol. The zero-order valence-corrected chi connectivity index (χ0v) is 18.3. The number of ether oxygens (including phenoxy) is 4. The lowest BCUT2D eigenvalue weighted by Crippen LogP contribution is -2.56. The molecule has 1 heterocycles. The van der Waals surface area contributed by atoms with Gasteiger partial charge in [-0.2, -0.15) is 0 Å². The summed E-state index contributed by atoms with van der Waals surface area (Å²) in [6, 6.07) is 3.56. The van der Waals surface area contributed by atoms with Gasteiger partial charge in [-0.15, -0.1) is 0 Å². The molecular weight excluding hydrogens is 372 g/mol. The summed E-state index contributed by atoms with van der Waals surface area (Å²) in [6.45, 7) is 9.84. The molecule has 29 heavy (non-hydrogen) atoms. The van der Waals surface area contributed by atoms with E-state index in [0.717, 1.165) is 5.57 Å². The first kappa shape index (κ1) is 20.7. The van der Waals surface area contributed by atoms with Crippen molar-refractivity contribution in [2.24, 2.45) is 5.41 Å². The summed E-state index contributed by atoms with van der Waals surface area (Å²) < 4.78 is 23.9. The van der Waals surface area contributed by atoms with E-state index in [1.54, 1.807) is 26.4 Å². The van der Waals surface area contributed by atoms with Crippen LogP contribution in [0.3, 0.4) is 0 Å². The number of hydrogen-bond donors (Lipinski definition) is 2. The minimum absolute atomic E-state index is 0.389. The minimum atomic E-state index is -1.37. The van der Waals surface area contributed by atoms with E-state index in [0.29, 0.717) is 35.5 Å². The number of hydrogen-bond acceptors (Lipinski definition) is 6. The van der Waals surface area contributed by atoms with Gasteiger partial charge in [0.2, 0.25) is 0 Å². The molecule has 0 unspecified atom stereocenters. The van der Waals surface area contributed by atoms with Gasteiger partial charge in [0.1, 0.15) is 35.4 Å². The maximum atomic E-state index is 11.9. The molecule has 2 bridgehead atoms. The zero-order valence-electron chi connectivity index (χ0n) is 18.3. The Hall–Kier alpha value is -1.60. The Balaban J connectivity index is 2.08. The summed E-state index contributed by atoms with van der Waals surface area (Å²) in [6.07, 6.45) is -0.844. The highest BCUT2D eigenvalue weighted by Crippen LogP contribution is 2.61. The van der Waals surface area contributed by atoms with Crippen LogP contribution < -0.4 is 9.47 Å². The molecule has 6 heteroatoms. The largest absolute Gasteiger partial charge is 0.497 e. The van der Waals surface area contributed by atoms with Gasteiger partial charge in [-0.05, 0) is 50.8 Å². The van der Waals surface area contributed by atoms with E-state index in [4.69, 9.17) is 18.9 Å². The van der Waals surface area contributed by atoms with Crippen molar-refractivity contribution in [3.8, 4) is 11.5 Å². The number of rotatable bonds is 2. The Bertz CT molecular complexity index is 870. The highest BCUT2D eigenvalue weighted by atomic mass is 16.8. The second-order valence-corrected chi connectivity index (χ2v) is 9.46. The highest BCUT2D eigenvalue weighted by molar-refractivity contribution is 5.53. The summed E-state index contributed by atoms with van der Waals surface area (Å²) in [7, 11) is 3.15. The fourth-order valence-corrected chi connectivity index (χ4v) is 5.55. The predicted octanol–water partition coefficient (Wildman–Crippen LogP) is 3.81. The van der Waals surface area contributed by atoms with Crippen molar-refractivity contribution < 1.29 is 29.2 Å². The number of aliphatic hydroxyl groups is 2. The van der Waals surface area contributed by atoms with Gasteiger partial charge in [-0.1, -0.05) is 19.4 Å². The maximum absolute atomic E-state index is 11.9. The van der Waals surface area contributed by atoms with Crippen LogP contribution in [0.25, 0.3) is 0 Å². The molecule has 0 spiro atoms. The molecule has 1 fully saturated rings. The van der Waals surface area contributed by atoms with Crippen LogP contribution in [0, 0.1) is 5.41 Å². The molecule has 3 aliphatic rings. The van der Waals surface area contributed by atoms with E-state index in [1.807, 2.05) is 27.7 Å². The second kappa shape index (κ2) is 6.45. The van der Waals surface area contributed by atoms with Crippen LogP contribution in [0.1, 0.15) is 70.8 Å². The van der Waals surface area contributed by atoms with Gasteiger partial charge in [-0.3, -0.25) is 0 Å². The first-order chi connectivity index (χ1) is 13.5. The van der Waals surface area contributed by atoms with Gasteiger partial charge >= 0.3 is 0 Å². The molecule has 160 valence electrons. The third-order valence-electron chi connectivity index (χ3n) is 7.11. The molecule has 0 amide bonds. The molecule has 1 aliphatic heterocycles. The van der Waals surface area contributed by atoms with Crippen molar-refractivity contribution in [1.29, 1.82) is 0 Å². The van der Waals surface area contributed by atoms with E-state index in [1.165, 1.54) is 5.57 Å². The van der Waals surface area contributed by atoms with Crippen LogP contribution in [0.5, 0.6) is 11.5 Å². The SMILES string of the molecule is COc1cc(OC)c2c(c1)[C@H](O)[C@]1(O)CCC(C)=C([C@H]3OC(C)(C)O[C@H]23)C1(C)C. The average Bonchev–Trinajstić information content (AvgIpc) is 2.97. The summed E-state index contributed by atoms with van der Waals surface area (Å²) in [5, 5.41) is 23.5. The van der Waals surface area contributed by atoms with Crippen molar-refractivity contribution in [3.05, 3.63) is 34.4 Å². The molecule has 2 aliphatic carbocycles. The monoisotopic (exact) mass is 404 g/mol. The van der Waals surface area contributed by atoms with Crippen LogP contribution in [-0.4, -0.2) is 41.9 Å². The number of benzene rings is 1. The van der Waals surface area contributed by atoms with Crippen LogP contribution in [0.15, 0.2) is 23.3 Å². The normalized spacial score (nSPS) is 34.7. The number of aliphatic hydroxyl groups excluding tert-OH is 1. The van der Waals surface area contributed by atoms with E-state index >= 15 is 0 Å². The van der Waals surface area contributed by atoms with Gasteiger partial charge in [-0.25, -0.2) is 0 Å². The number of methoxy groups -OCH3 is 2. The molecule has 4 rings (SSSR count). The standard InChI is InChI=1S/C23H32O6/c1-12-8-9-23(25)20(24)14-10-13(26-6)11-15(27-7)16(14)18-19(17(12)21(23,2)3)29-22(4,5)28-18/h10-11,18-20,24-25H,8-9H2,1-7H3/t18-,19-,20+,23-/m1/s1. The smallest absolute Gasteiger partial charge is 0.164 e. The third-order valence-corrected chi connectivity index (χ3v) is 7.11. The van der Waals surface area contributed by atoms with Crippen molar-refractivity contribution in [3.63, 3.8) is 0 Å². The van der Waals surface area contributed by atoms with Crippen LogP contribution in [-0.2, 0) is 9.47 Å². The maximum Gasteiger partial charge on any atom is 0.164 e. The third kappa shape index (κ3) is 2.76. The quantitative estimate of drug-likeness (QED) is 0.730. The molecule has 0 aromatic heterocycles. The Morgan fingerprint density at radius 3 is 2.31 bits per heavy atom. The molecule has 1 aromatic carbocycles. The lowest BCUT2D eigenvalue weighted by atomic mass is 9.56. The Kier molecular flexibility index (Phi) is 4.59. The van der Waals surface area contributed by atoms with E-state index in [-0.39, 0.29) is 6.10 Å². The van der Waals surface area contributed by atoms with Crippen molar-refractivity contribution in [1.82, 2.24) is 0 Å². The van der Waals surface area contributed by atoms with Gasteiger partial charge in [0.15, 0.2) is 5.79 Å². The molecule has 6 nitrogen and oxygen atoms in total. The first-order valence-electron chi connectivity index (χ1n) is 10.2. The Labute approximate surface area is 172 Å². The lowest BCUT2D eigenvalue weighted by molar-refractivity contribution is -0.160. The summed E-state index contributed by atoms with van der Waals surface area (Å²) in [4.78, 5) is 0. The van der Waals surface area contributed by atoms with E-state index < -0.39 is 29.0 Å². The molecule has 4 atom stereocenters. The molecule has 0 saturated carbocycles. The lowest BCUT2D eigenvalue weighted by Gasteiger charge is -2.54. The molecule has 2 N–H and O–H groups in total. The highest BCUT2D eigenvalue weighted by Gasteiger charge is 2.61. The number of allylic oxidation sites excluding steroid dienone is 1. The summed E-state index contributed by atoms with van der Waals surface area (Å²) >= 11 is 0. The van der Waals surface area contributed by atoms with Crippen molar-refractivity contribution in [2.75, 3.05) is 14.2 Å². The summed E-state index contributed by atoms with van der Waals surface area (Å²) in [5.41, 5.74) is 1.37. The molecular formula is C23H32O6. The first-order valence-corrected chi connectivity index (χ1v) is 10.2. The van der Waals surface area contributed by atoms with E-state index in [2.05, 4.69) is 6.92 Å². The fourth-order valence-electron chi connectivity index (χ4n) is 5.55. The summed E-state index contributed by atoms with van der Waals surface area (Å²) in [5.74, 6) is 0.291. The van der Waals surface area contributed by atoms with Gasteiger partial charge < -0.3 is 29.2 Å². The van der Waals surface area contributed by atoms with Crippen LogP contribution in [0.2, 0.25) is 0 Å². The topological polar surface area (TPSA) is 77.4 Å². The molecule has 1 saturated heterocycles. The average molecular weight is 405 g/mol. The van der Waals surface area contributed by atoms with Crippen LogP contribution >= 0.6 is 0 Å². The number of fused-ring (bicyclic) bond motifs is 6. The second-order valence-electron chi connectivity index (χ2n) is 9.46. The van der Waals surface area contributed by atoms with Gasteiger partial charge in [0.25, 0.3) is 0 Å². The minimum Gasteiger partial charge on any atom is -0.497 e.